The molecule has 1 unspecified atom stereocenters. The number of nitrogens with one attached hydrogen (secondary N) is 1. The summed E-state index contributed by atoms with van der Waals surface area (Å²) in [7, 11) is 1.56. The number of carbonyl (C=O) groups is 1. The first kappa shape index (κ1) is 13.9. The zero-order chi connectivity index (χ0) is 13.9. The molecule has 1 aliphatic carbocycles. The molecule has 1 atom stereocenters. The summed E-state index contributed by atoms with van der Waals surface area (Å²) in [5.41, 5.74) is 0.458. The summed E-state index contributed by atoms with van der Waals surface area (Å²) in [5.74, 6) is 0.313. The fraction of sp³-hybridized carbons (Fsp3) is 0.533. The van der Waals surface area contributed by atoms with Crippen molar-refractivity contribution >= 4 is 5.91 Å². The molecule has 1 saturated carbocycles. The van der Waals surface area contributed by atoms with Crippen molar-refractivity contribution in [2.45, 2.75) is 44.2 Å². The Morgan fingerprint density at radius 3 is 2.79 bits per heavy atom. The van der Waals surface area contributed by atoms with E-state index in [0.717, 1.165) is 25.7 Å². The molecule has 1 aliphatic rings. The molecule has 0 aliphatic heterocycles. The molecule has 0 aromatic heterocycles. The van der Waals surface area contributed by atoms with Crippen molar-refractivity contribution in [3.8, 4) is 5.75 Å². The van der Waals surface area contributed by atoms with Crippen LogP contribution in [0.15, 0.2) is 24.3 Å². The van der Waals surface area contributed by atoms with Gasteiger partial charge in [-0.3, -0.25) is 4.79 Å². The molecule has 1 aromatic rings. The second-order valence-corrected chi connectivity index (χ2v) is 5.16. The van der Waals surface area contributed by atoms with Gasteiger partial charge in [-0.05, 0) is 43.4 Å². The monoisotopic (exact) mass is 263 g/mol. The van der Waals surface area contributed by atoms with Gasteiger partial charge >= 0.3 is 0 Å². The van der Waals surface area contributed by atoms with Crippen molar-refractivity contribution in [1.29, 1.82) is 0 Å². The van der Waals surface area contributed by atoms with Gasteiger partial charge in [0, 0.05) is 5.54 Å². The van der Waals surface area contributed by atoms with Crippen LogP contribution < -0.4 is 10.1 Å². The Balaban J connectivity index is 2.05. The van der Waals surface area contributed by atoms with Gasteiger partial charge in [0.2, 0.25) is 0 Å². The number of hydrogen-bond acceptors (Lipinski definition) is 3. The molecular weight excluding hydrogens is 242 g/mol. The number of ether oxygens (including phenoxy) is 1. The van der Waals surface area contributed by atoms with Gasteiger partial charge in [0.1, 0.15) is 5.75 Å². The zero-order valence-electron chi connectivity index (χ0n) is 11.5. The predicted molar refractivity (Wildman–Crippen MR) is 73.0 cm³/mol. The minimum absolute atomic E-state index is 0.100. The zero-order valence-corrected chi connectivity index (χ0v) is 11.5. The smallest absolute Gasteiger partial charge is 0.253 e. The minimum atomic E-state index is -1.14. The molecule has 1 fully saturated rings. The van der Waals surface area contributed by atoms with E-state index in [-0.39, 0.29) is 11.4 Å². The second kappa shape index (κ2) is 5.61. The fourth-order valence-corrected chi connectivity index (χ4v) is 2.46. The summed E-state index contributed by atoms with van der Waals surface area (Å²) in [4.78, 5) is 12.1. The lowest BCUT2D eigenvalue weighted by Gasteiger charge is -2.42. The minimum Gasteiger partial charge on any atom is -0.497 e. The van der Waals surface area contributed by atoms with Crippen molar-refractivity contribution < 1.29 is 14.6 Å². The lowest BCUT2D eigenvalue weighted by molar-refractivity contribution is -0.133. The third-order valence-corrected chi connectivity index (χ3v) is 4.03. The van der Waals surface area contributed by atoms with E-state index in [1.54, 1.807) is 31.4 Å². The normalized spacial score (nSPS) is 18.3. The van der Waals surface area contributed by atoms with Gasteiger partial charge in [-0.2, -0.15) is 0 Å². The molecule has 19 heavy (non-hydrogen) atoms. The molecule has 1 aromatic carbocycles. The van der Waals surface area contributed by atoms with Gasteiger partial charge in [-0.25, -0.2) is 0 Å². The highest BCUT2D eigenvalue weighted by Crippen LogP contribution is 2.35. The van der Waals surface area contributed by atoms with E-state index in [4.69, 9.17) is 4.74 Å². The molecule has 2 rings (SSSR count). The predicted octanol–water partition coefficient (Wildman–Crippen LogP) is 2.18. The third-order valence-electron chi connectivity index (χ3n) is 4.03. The molecular formula is C15H21NO3. The molecule has 0 radical (unpaired) electrons. The molecule has 4 heteroatoms. The van der Waals surface area contributed by atoms with Crippen molar-refractivity contribution in [3.63, 3.8) is 0 Å². The van der Waals surface area contributed by atoms with Crippen LogP contribution >= 0.6 is 0 Å². The largest absolute Gasteiger partial charge is 0.497 e. The first-order chi connectivity index (χ1) is 9.10. The van der Waals surface area contributed by atoms with Crippen LogP contribution in [0.4, 0.5) is 0 Å². The number of hydrogen-bond donors (Lipinski definition) is 2. The van der Waals surface area contributed by atoms with Crippen molar-refractivity contribution in [2.75, 3.05) is 7.11 Å². The van der Waals surface area contributed by atoms with Crippen LogP contribution in [0.5, 0.6) is 5.75 Å². The van der Waals surface area contributed by atoms with Crippen molar-refractivity contribution in [1.82, 2.24) is 5.32 Å². The van der Waals surface area contributed by atoms with Gasteiger partial charge in [-0.15, -0.1) is 0 Å². The highest BCUT2D eigenvalue weighted by molar-refractivity contribution is 5.82. The Kier molecular flexibility index (Phi) is 4.10. The van der Waals surface area contributed by atoms with E-state index < -0.39 is 6.10 Å². The lowest BCUT2D eigenvalue weighted by Crippen LogP contribution is -2.54. The van der Waals surface area contributed by atoms with E-state index in [2.05, 4.69) is 12.2 Å². The Labute approximate surface area is 113 Å². The van der Waals surface area contributed by atoms with E-state index >= 15 is 0 Å². The summed E-state index contributed by atoms with van der Waals surface area (Å²) in [5, 5.41) is 13.1. The number of amides is 1. The van der Waals surface area contributed by atoms with E-state index in [9.17, 15) is 9.90 Å². The first-order valence-corrected chi connectivity index (χ1v) is 6.74. The SMILES string of the molecule is CCC1(NC(=O)C(O)c2cccc(OC)c2)CCC1. The summed E-state index contributed by atoms with van der Waals surface area (Å²) in [6.45, 7) is 2.07. The maximum Gasteiger partial charge on any atom is 0.253 e. The number of benzene rings is 1. The van der Waals surface area contributed by atoms with Crippen LogP contribution in [-0.4, -0.2) is 23.7 Å². The van der Waals surface area contributed by atoms with Crippen LogP contribution in [0.2, 0.25) is 0 Å². The third kappa shape index (κ3) is 2.89. The molecule has 2 N–H and O–H groups in total. The number of aliphatic hydroxyl groups excluding tert-OH is 1. The van der Waals surface area contributed by atoms with Crippen LogP contribution in [-0.2, 0) is 4.79 Å². The van der Waals surface area contributed by atoms with Gasteiger partial charge < -0.3 is 15.2 Å². The molecule has 104 valence electrons. The summed E-state index contributed by atoms with van der Waals surface area (Å²) in [6, 6.07) is 6.97. The molecule has 4 nitrogen and oxygen atoms in total. The van der Waals surface area contributed by atoms with Crippen LogP contribution in [0.1, 0.15) is 44.3 Å². The lowest BCUT2D eigenvalue weighted by atomic mass is 9.74. The van der Waals surface area contributed by atoms with Gasteiger partial charge in [0.05, 0.1) is 7.11 Å². The molecule has 0 spiro atoms. The molecule has 0 heterocycles. The van der Waals surface area contributed by atoms with Crippen LogP contribution in [0.3, 0.4) is 0 Å². The fourth-order valence-electron chi connectivity index (χ4n) is 2.46. The Morgan fingerprint density at radius 2 is 2.26 bits per heavy atom. The molecule has 0 saturated heterocycles. The van der Waals surface area contributed by atoms with E-state index in [1.807, 2.05) is 0 Å². The summed E-state index contributed by atoms with van der Waals surface area (Å²) >= 11 is 0. The molecule has 1 amide bonds. The Morgan fingerprint density at radius 1 is 1.53 bits per heavy atom. The Hall–Kier alpha value is -1.55. The standard InChI is InChI=1S/C15H21NO3/c1-3-15(8-5-9-15)16-14(18)13(17)11-6-4-7-12(10-11)19-2/h4,6-7,10,13,17H,3,5,8-9H2,1-2H3,(H,16,18). The molecule has 0 bridgehead atoms. The summed E-state index contributed by atoms with van der Waals surface area (Å²) < 4.78 is 5.10. The highest BCUT2D eigenvalue weighted by Gasteiger charge is 2.37. The van der Waals surface area contributed by atoms with E-state index in [0.29, 0.717) is 11.3 Å². The number of methoxy groups -OCH3 is 1. The average Bonchev–Trinajstić information content (AvgIpc) is 2.41. The van der Waals surface area contributed by atoms with Crippen molar-refractivity contribution in [2.24, 2.45) is 0 Å². The van der Waals surface area contributed by atoms with Gasteiger partial charge in [0.25, 0.3) is 5.91 Å². The Bertz CT molecular complexity index is 449. The maximum atomic E-state index is 12.1. The average molecular weight is 263 g/mol. The number of carbonyl (C=O) groups excluding carboxylic acids is 1. The number of rotatable bonds is 5. The first-order valence-electron chi connectivity index (χ1n) is 6.74. The topological polar surface area (TPSA) is 58.6 Å². The quantitative estimate of drug-likeness (QED) is 0.856. The van der Waals surface area contributed by atoms with Crippen LogP contribution in [0, 0.1) is 0 Å². The van der Waals surface area contributed by atoms with Gasteiger partial charge in [0.15, 0.2) is 6.10 Å². The summed E-state index contributed by atoms with van der Waals surface area (Å²) in [6.07, 6.45) is 2.91. The second-order valence-electron chi connectivity index (χ2n) is 5.16. The highest BCUT2D eigenvalue weighted by atomic mass is 16.5. The van der Waals surface area contributed by atoms with Gasteiger partial charge in [-0.1, -0.05) is 19.1 Å². The van der Waals surface area contributed by atoms with E-state index in [1.165, 1.54) is 0 Å². The number of aliphatic hydroxyl groups is 1. The maximum absolute atomic E-state index is 12.1. The van der Waals surface area contributed by atoms with Crippen molar-refractivity contribution in [3.05, 3.63) is 29.8 Å². The van der Waals surface area contributed by atoms with Crippen LogP contribution in [0.25, 0.3) is 0 Å².